The molecule has 2 N–H and O–H groups in total. The van der Waals surface area contributed by atoms with Gasteiger partial charge in [-0.2, -0.15) is 0 Å². The molecular formula is C31H50N2O. The third-order valence-corrected chi connectivity index (χ3v) is 7.59. The fourth-order valence-electron chi connectivity index (χ4n) is 5.89. The zero-order valence-electron chi connectivity index (χ0n) is 23.0. The van der Waals surface area contributed by atoms with E-state index in [4.69, 9.17) is 0 Å². The van der Waals surface area contributed by atoms with Crippen molar-refractivity contribution in [2.45, 2.75) is 112 Å². The van der Waals surface area contributed by atoms with Crippen LogP contribution in [0.4, 0.5) is 0 Å². The van der Waals surface area contributed by atoms with Gasteiger partial charge in [0, 0.05) is 23.6 Å². The van der Waals surface area contributed by atoms with Crippen LogP contribution in [0.3, 0.4) is 0 Å². The second-order valence-electron chi connectivity index (χ2n) is 9.60. The molecule has 3 heteroatoms. The van der Waals surface area contributed by atoms with Crippen molar-refractivity contribution in [3.8, 4) is 0 Å². The summed E-state index contributed by atoms with van der Waals surface area (Å²) in [4.78, 5) is 13.2. The van der Waals surface area contributed by atoms with Gasteiger partial charge in [0.1, 0.15) is 5.78 Å². The molecule has 1 aromatic carbocycles. The Balaban J connectivity index is 0.000000970. The van der Waals surface area contributed by atoms with E-state index >= 15 is 0 Å². The number of hydrogen-bond donors (Lipinski definition) is 2. The highest BCUT2D eigenvalue weighted by atomic mass is 16.1. The zero-order chi connectivity index (χ0) is 25.3. The molecule has 0 amide bonds. The molecule has 0 radical (unpaired) electrons. The minimum Gasteiger partial charge on any atom is -0.372 e. The molecule has 1 fully saturated rings. The van der Waals surface area contributed by atoms with Crippen LogP contribution in [-0.4, -0.2) is 18.0 Å². The molecule has 1 heterocycles. The molecular weight excluding hydrogens is 416 g/mol. The van der Waals surface area contributed by atoms with Crippen molar-refractivity contribution in [1.82, 2.24) is 10.6 Å². The number of allylic oxidation sites excluding steroid dienone is 2. The average Bonchev–Trinajstić information content (AvgIpc) is 3.21. The molecule has 0 aromatic heterocycles. The Hall–Kier alpha value is -1.87. The lowest BCUT2D eigenvalue weighted by Crippen LogP contribution is -2.49. The molecule has 4 rings (SSSR count). The van der Waals surface area contributed by atoms with E-state index < -0.39 is 0 Å². The Morgan fingerprint density at radius 2 is 1.53 bits per heavy atom. The first-order valence-electron chi connectivity index (χ1n) is 14.1. The van der Waals surface area contributed by atoms with Crippen molar-refractivity contribution in [3.63, 3.8) is 0 Å². The van der Waals surface area contributed by atoms with Gasteiger partial charge in [-0.15, -0.1) is 0 Å². The number of carbonyl (C=O) groups is 1. The van der Waals surface area contributed by atoms with Gasteiger partial charge in [-0.05, 0) is 55.7 Å². The predicted molar refractivity (Wildman–Crippen MR) is 147 cm³/mol. The summed E-state index contributed by atoms with van der Waals surface area (Å²) in [5.74, 6) is 0.663. The summed E-state index contributed by atoms with van der Waals surface area (Å²) in [5, 5.41) is 7.78. The van der Waals surface area contributed by atoms with Crippen molar-refractivity contribution in [2.24, 2.45) is 17.8 Å². The lowest BCUT2D eigenvalue weighted by Gasteiger charge is -2.32. The van der Waals surface area contributed by atoms with E-state index in [1.807, 2.05) is 27.7 Å². The third-order valence-electron chi connectivity index (χ3n) is 7.59. The molecule has 0 saturated heterocycles. The number of hydrogen-bond acceptors (Lipinski definition) is 3. The maximum atomic E-state index is 13.2. The quantitative estimate of drug-likeness (QED) is 0.456. The van der Waals surface area contributed by atoms with E-state index in [9.17, 15) is 4.79 Å². The maximum absolute atomic E-state index is 13.2. The lowest BCUT2D eigenvalue weighted by molar-refractivity contribution is -0.125. The van der Waals surface area contributed by atoms with Gasteiger partial charge in [-0.25, -0.2) is 0 Å². The minimum absolute atomic E-state index is 0.00544. The number of nitrogens with one attached hydrogen (secondary N) is 2. The van der Waals surface area contributed by atoms with Crippen LogP contribution in [0.2, 0.25) is 0 Å². The highest BCUT2D eigenvalue weighted by Crippen LogP contribution is 2.45. The molecule has 4 atom stereocenters. The van der Waals surface area contributed by atoms with Gasteiger partial charge in [-0.1, -0.05) is 97.2 Å². The number of ketones is 1. The van der Waals surface area contributed by atoms with Crippen LogP contribution >= 0.6 is 0 Å². The van der Waals surface area contributed by atoms with Crippen LogP contribution < -0.4 is 10.6 Å². The number of aryl methyl sites for hydroxylation is 1. The van der Waals surface area contributed by atoms with Crippen molar-refractivity contribution in [1.29, 1.82) is 0 Å². The third kappa shape index (κ3) is 6.22. The maximum Gasteiger partial charge on any atom is 0.149 e. The Morgan fingerprint density at radius 3 is 2.09 bits per heavy atom. The largest absolute Gasteiger partial charge is 0.372 e. The molecule has 34 heavy (non-hydrogen) atoms. The summed E-state index contributed by atoms with van der Waals surface area (Å²) in [7, 11) is 0. The Labute approximate surface area is 209 Å². The number of rotatable bonds is 6. The van der Waals surface area contributed by atoms with Gasteiger partial charge >= 0.3 is 0 Å². The molecule has 2 aliphatic carbocycles. The fraction of sp³-hybridized carbons (Fsp3) is 0.645. The summed E-state index contributed by atoms with van der Waals surface area (Å²) in [6.45, 7) is 18.9. The van der Waals surface area contributed by atoms with Crippen molar-refractivity contribution < 1.29 is 4.79 Å². The van der Waals surface area contributed by atoms with Gasteiger partial charge in [0.15, 0.2) is 0 Å². The van der Waals surface area contributed by atoms with E-state index in [1.165, 1.54) is 54.5 Å². The Morgan fingerprint density at radius 1 is 0.941 bits per heavy atom. The molecule has 1 saturated carbocycles. The molecule has 190 valence electrons. The second kappa shape index (κ2) is 13.9. The molecule has 0 bridgehead atoms. The SMILES string of the molecule is C=C1C2=C(NC(NC3CCCCC3)C2Cc2ccc(C)cc2)C(CC)C(=O)C1CC.CC.CC. The highest BCUT2D eigenvalue weighted by Gasteiger charge is 2.46. The first-order valence-corrected chi connectivity index (χ1v) is 14.1. The standard InChI is InChI=1S/C27H38N2O.2C2H6/c1-5-21-18(4)24-23(16-19-14-12-17(3)13-15-19)27(28-20-10-8-7-9-11-20)29-25(24)22(6-2)26(21)30;2*1-2/h12-15,20-23,27-29H,4-11,16H2,1-3H3;2*1-2H3. The second-order valence-corrected chi connectivity index (χ2v) is 9.60. The summed E-state index contributed by atoms with van der Waals surface area (Å²) in [5.41, 5.74) is 6.25. The summed E-state index contributed by atoms with van der Waals surface area (Å²) < 4.78 is 0. The normalized spacial score (nSPS) is 26.7. The van der Waals surface area contributed by atoms with Gasteiger partial charge < -0.3 is 5.32 Å². The molecule has 1 aromatic rings. The molecule has 4 unspecified atom stereocenters. The van der Waals surface area contributed by atoms with Crippen LogP contribution in [-0.2, 0) is 11.2 Å². The van der Waals surface area contributed by atoms with E-state index in [-0.39, 0.29) is 18.0 Å². The Bertz CT molecular complexity index is 816. The number of carbonyl (C=O) groups excluding carboxylic acids is 1. The molecule has 1 aliphatic heterocycles. The van der Waals surface area contributed by atoms with Gasteiger partial charge in [0.2, 0.25) is 0 Å². The van der Waals surface area contributed by atoms with Crippen LogP contribution in [0.15, 0.2) is 47.7 Å². The lowest BCUT2D eigenvalue weighted by atomic mass is 9.71. The van der Waals surface area contributed by atoms with Crippen molar-refractivity contribution in [2.75, 3.05) is 0 Å². The van der Waals surface area contributed by atoms with Crippen LogP contribution in [0, 0.1) is 24.7 Å². The summed E-state index contributed by atoms with van der Waals surface area (Å²) in [6, 6.07) is 9.51. The number of Topliss-reactive ketones (excluding diaryl/α,β-unsaturated/α-hetero) is 1. The summed E-state index contributed by atoms with van der Waals surface area (Å²) >= 11 is 0. The average molecular weight is 467 g/mol. The first-order chi connectivity index (χ1) is 16.5. The van der Waals surface area contributed by atoms with Gasteiger partial charge in [0.05, 0.1) is 12.1 Å². The monoisotopic (exact) mass is 466 g/mol. The minimum atomic E-state index is -0.0237. The smallest absolute Gasteiger partial charge is 0.149 e. The van der Waals surface area contributed by atoms with E-state index in [2.05, 4.69) is 62.2 Å². The van der Waals surface area contributed by atoms with Crippen LogP contribution in [0.5, 0.6) is 0 Å². The van der Waals surface area contributed by atoms with Gasteiger partial charge in [-0.3, -0.25) is 10.1 Å². The first kappa shape index (κ1) is 28.4. The van der Waals surface area contributed by atoms with Crippen molar-refractivity contribution >= 4 is 5.78 Å². The topological polar surface area (TPSA) is 41.1 Å². The molecule has 0 spiro atoms. The zero-order valence-corrected chi connectivity index (χ0v) is 23.0. The molecule has 3 nitrogen and oxygen atoms in total. The van der Waals surface area contributed by atoms with Crippen LogP contribution in [0.1, 0.15) is 97.6 Å². The van der Waals surface area contributed by atoms with E-state index in [0.29, 0.717) is 17.7 Å². The van der Waals surface area contributed by atoms with Gasteiger partial charge in [0.25, 0.3) is 0 Å². The Kier molecular flexibility index (Phi) is 11.6. The van der Waals surface area contributed by atoms with E-state index in [0.717, 1.165) is 24.8 Å². The highest BCUT2D eigenvalue weighted by molar-refractivity contribution is 5.92. The van der Waals surface area contributed by atoms with E-state index in [1.54, 1.807) is 0 Å². The molecule has 3 aliphatic rings. The fourth-order valence-corrected chi connectivity index (χ4v) is 5.89. The van der Waals surface area contributed by atoms with Crippen LogP contribution in [0.25, 0.3) is 0 Å². The predicted octanol–water partition coefficient (Wildman–Crippen LogP) is 7.50. The number of benzene rings is 1. The van der Waals surface area contributed by atoms with Crippen molar-refractivity contribution in [3.05, 3.63) is 58.8 Å². The summed E-state index contributed by atoms with van der Waals surface area (Å²) in [6.07, 6.45) is 9.40.